The van der Waals surface area contributed by atoms with Crippen molar-refractivity contribution in [2.75, 3.05) is 7.05 Å². The highest BCUT2D eigenvalue weighted by atomic mass is 79.9. The minimum absolute atomic E-state index is 0.0688. The second kappa shape index (κ2) is 7.44. The molecule has 0 saturated carbocycles. The topological polar surface area (TPSA) is 79.8 Å². The second-order valence-corrected chi connectivity index (χ2v) is 7.22. The van der Waals surface area contributed by atoms with E-state index >= 15 is 0 Å². The average Bonchev–Trinajstić information content (AvgIpc) is 3.15. The molecule has 4 rings (SSSR count). The Labute approximate surface area is 169 Å². The summed E-state index contributed by atoms with van der Waals surface area (Å²) >= 11 is 3.44. The van der Waals surface area contributed by atoms with Crippen LogP contribution in [0.5, 0.6) is 0 Å². The highest BCUT2D eigenvalue weighted by molar-refractivity contribution is 9.10. The van der Waals surface area contributed by atoms with Crippen LogP contribution >= 0.6 is 15.9 Å². The van der Waals surface area contributed by atoms with Gasteiger partial charge in [-0.1, -0.05) is 18.2 Å². The Bertz CT molecular complexity index is 1240. The Morgan fingerprint density at radius 1 is 1.21 bits per heavy atom. The van der Waals surface area contributed by atoms with Crippen molar-refractivity contribution in [3.63, 3.8) is 0 Å². The summed E-state index contributed by atoms with van der Waals surface area (Å²) in [6, 6.07) is 14.9. The van der Waals surface area contributed by atoms with Gasteiger partial charge in [-0.05, 0) is 62.8 Å². The van der Waals surface area contributed by atoms with E-state index < -0.39 is 0 Å². The summed E-state index contributed by atoms with van der Waals surface area (Å²) in [6.07, 6.45) is 3.53. The lowest BCUT2D eigenvalue weighted by molar-refractivity contribution is 0.0963. The van der Waals surface area contributed by atoms with Gasteiger partial charge in [0.25, 0.3) is 11.5 Å². The fraction of sp³-hybridized carbons (Fsp3) is 0.0952. The Balaban J connectivity index is 1.70. The molecule has 0 radical (unpaired) electrons. The number of nitrogens with one attached hydrogen (secondary N) is 2. The van der Waals surface area contributed by atoms with Crippen molar-refractivity contribution in [1.29, 1.82) is 0 Å². The van der Waals surface area contributed by atoms with Crippen molar-refractivity contribution in [3.05, 3.63) is 87.0 Å². The highest BCUT2D eigenvalue weighted by Gasteiger charge is 2.09. The molecular weight excluding hydrogens is 420 g/mol. The van der Waals surface area contributed by atoms with Gasteiger partial charge in [-0.15, -0.1) is 0 Å². The van der Waals surface area contributed by atoms with E-state index in [-0.39, 0.29) is 11.5 Å². The first-order valence-corrected chi connectivity index (χ1v) is 9.49. The predicted octanol–water partition coefficient (Wildman–Crippen LogP) is 3.56. The van der Waals surface area contributed by atoms with E-state index in [0.717, 1.165) is 26.7 Å². The normalized spacial score (nSPS) is 10.9. The molecule has 140 valence electrons. The molecule has 7 heteroatoms. The maximum absolute atomic E-state index is 12.9. The number of amides is 1. The number of fused-ring (bicyclic) bond motifs is 1. The van der Waals surface area contributed by atoms with E-state index in [1.54, 1.807) is 36.1 Å². The van der Waals surface area contributed by atoms with E-state index in [1.807, 2.05) is 36.4 Å². The largest absolute Gasteiger partial charge is 0.355 e. The fourth-order valence-electron chi connectivity index (χ4n) is 3.20. The lowest BCUT2D eigenvalue weighted by Crippen LogP contribution is -2.21. The second-order valence-electron chi connectivity index (χ2n) is 6.43. The summed E-state index contributed by atoms with van der Waals surface area (Å²) in [6.45, 7) is 0.397. The molecule has 4 aromatic rings. The summed E-state index contributed by atoms with van der Waals surface area (Å²) in [5, 5.41) is 11.0. The zero-order valence-electron chi connectivity index (χ0n) is 15.1. The fourth-order valence-corrected chi connectivity index (χ4v) is 3.64. The molecule has 6 nitrogen and oxygen atoms in total. The van der Waals surface area contributed by atoms with Gasteiger partial charge in [-0.2, -0.15) is 5.10 Å². The first kappa shape index (κ1) is 18.2. The standard InChI is InChI=1S/C21H17BrN4O2/c1-23-20(27)16-4-2-3-13(9-16)12-26-8-7-15-10-14(5-6-17(15)21(26)28)18-11-24-25-19(18)22/h2-11H,12H2,1H3,(H,23,27)(H,24,25). The van der Waals surface area contributed by atoms with Gasteiger partial charge in [0.05, 0.1) is 12.7 Å². The Kier molecular flexibility index (Phi) is 4.83. The third-order valence-corrected chi connectivity index (χ3v) is 5.25. The number of aromatic amines is 1. The van der Waals surface area contributed by atoms with Crippen molar-refractivity contribution in [2.24, 2.45) is 0 Å². The first-order chi connectivity index (χ1) is 13.6. The van der Waals surface area contributed by atoms with Crippen LogP contribution in [0.15, 0.2) is 70.3 Å². The van der Waals surface area contributed by atoms with Gasteiger partial charge in [-0.25, -0.2) is 0 Å². The third kappa shape index (κ3) is 3.36. The smallest absolute Gasteiger partial charge is 0.258 e. The van der Waals surface area contributed by atoms with E-state index in [0.29, 0.717) is 17.5 Å². The van der Waals surface area contributed by atoms with Crippen molar-refractivity contribution < 1.29 is 4.79 Å². The molecule has 1 amide bonds. The van der Waals surface area contributed by atoms with Crippen molar-refractivity contribution in [3.8, 4) is 11.1 Å². The number of nitrogens with zero attached hydrogens (tertiary/aromatic N) is 2. The summed E-state index contributed by atoms with van der Waals surface area (Å²) in [7, 11) is 1.60. The highest BCUT2D eigenvalue weighted by Crippen LogP contribution is 2.28. The molecule has 0 aliphatic rings. The van der Waals surface area contributed by atoms with E-state index in [1.165, 1.54) is 0 Å². The van der Waals surface area contributed by atoms with Crippen LogP contribution in [0.25, 0.3) is 21.9 Å². The molecule has 0 aliphatic heterocycles. The number of carbonyl (C=O) groups excluding carboxylic acids is 1. The van der Waals surface area contributed by atoms with Crippen molar-refractivity contribution in [2.45, 2.75) is 6.54 Å². The van der Waals surface area contributed by atoms with Crippen LogP contribution in [0.1, 0.15) is 15.9 Å². The Morgan fingerprint density at radius 2 is 2.07 bits per heavy atom. The summed E-state index contributed by atoms with van der Waals surface area (Å²) in [4.78, 5) is 24.8. The van der Waals surface area contributed by atoms with Crippen LogP contribution in [0.3, 0.4) is 0 Å². The van der Waals surface area contributed by atoms with Crippen molar-refractivity contribution in [1.82, 2.24) is 20.1 Å². The molecule has 0 spiro atoms. The monoisotopic (exact) mass is 436 g/mol. The molecule has 2 aromatic heterocycles. The van der Waals surface area contributed by atoms with Gasteiger partial charge in [0.1, 0.15) is 4.60 Å². The van der Waals surface area contributed by atoms with Crippen LogP contribution in [0.2, 0.25) is 0 Å². The van der Waals surface area contributed by atoms with E-state index in [4.69, 9.17) is 0 Å². The number of hydrogen-bond acceptors (Lipinski definition) is 3. The molecule has 2 heterocycles. The summed E-state index contributed by atoms with van der Waals surface area (Å²) in [5.41, 5.74) is 3.31. The molecule has 28 heavy (non-hydrogen) atoms. The van der Waals surface area contributed by atoms with Gasteiger partial charge in [-0.3, -0.25) is 14.7 Å². The summed E-state index contributed by atoms with van der Waals surface area (Å²) < 4.78 is 2.45. The van der Waals surface area contributed by atoms with Gasteiger partial charge >= 0.3 is 0 Å². The number of halogens is 1. The lowest BCUT2D eigenvalue weighted by atomic mass is 10.0. The molecule has 0 aliphatic carbocycles. The Hall–Kier alpha value is -3.19. The summed E-state index contributed by atoms with van der Waals surface area (Å²) in [5.74, 6) is -0.148. The van der Waals surface area contributed by atoms with Crippen LogP contribution in [0, 0.1) is 0 Å². The minimum atomic E-state index is -0.148. The number of carbonyl (C=O) groups is 1. The maximum Gasteiger partial charge on any atom is 0.258 e. The van der Waals surface area contributed by atoms with Gasteiger partial charge in [0.2, 0.25) is 0 Å². The van der Waals surface area contributed by atoms with Gasteiger partial charge in [0, 0.05) is 29.8 Å². The average molecular weight is 437 g/mol. The van der Waals surface area contributed by atoms with Gasteiger partial charge < -0.3 is 9.88 Å². The molecule has 0 saturated heterocycles. The molecule has 0 atom stereocenters. The van der Waals surface area contributed by atoms with Crippen LogP contribution in [0.4, 0.5) is 0 Å². The first-order valence-electron chi connectivity index (χ1n) is 8.70. The SMILES string of the molecule is CNC(=O)c1cccc(Cn2ccc3cc(-c4cn[nH]c4Br)ccc3c2=O)c1. The molecule has 2 N–H and O–H groups in total. The number of aromatic nitrogens is 3. The number of rotatable bonds is 4. The number of pyridine rings is 1. The van der Waals surface area contributed by atoms with Crippen LogP contribution in [-0.4, -0.2) is 27.7 Å². The minimum Gasteiger partial charge on any atom is -0.355 e. The van der Waals surface area contributed by atoms with E-state index in [9.17, 15) is 9.59 Å². The van der Waals surface area contributed by atoms with Crippen LogP contribution < -0.4 is 10.9 Å². The molecular formula is C21H17BrN4O2. The number of H-pyrrole nitrogens is 1. The molecule has 0 fully saturated rings. The zero-order valence-corrected chi connectivity index (χ0v) is 16.7. The van der Waals surface area contributed by atoms with E-state index in [2.05, 4.69) is 31.4 Å². The zero-order chi connectivity index (χ0) is 19.7. The number of hydrogen-bond donors (Lipinski definition) is 2. The van der Waals surface area contributed by atoms with Crippen molar-refractivity contribution >= 4 is 32.6 Å². The van der Waals surface area contributed by atoms with Gasteiger partial charge in [0.15, 0.2) is 0 Å². The van der Waals surface area contributed by atoms with Crippen LogP contribution in [-0.2, 0) is 6.54 Å². The quantitative estimate of drug-likeness (QED) is 0.513. The Morgan fingerprint density at radius 3 is 2.82 bits per heavy atom. The third-order valence-electron chi connectivity index (χ3n) is 4.65. The molecule has 0 bridgehead atoms. The molecule has 2 aromatic carbocycles. The number of benzene rings is 2. The molecule has 0 unspecified atom stereocenters. The maximum atomic E-state index is 12.9. The predicted molar refractivity (Wildman–Crippen MR) is 112 cm³/mol. The lowest BCUT2D eigenvalue weighted by Gasteiger charge is -2.09.